The van der Waals surface area contributed by atoms with Crippen LogP contribution in [0.25, 0.3) is 0 Å². The quantitative estimate of drug-likeness (QED) is 0.532. The van der Waals surface area contributed by atoms with Crippen LogP contribution >= 0.6 is 0 Å². The van der Waals surface area contributed by atoms with E-state index in [9.17, 15) is 14.4 Å². The van der Waals surface area contributed by atoms with Crippen LogP contribution in [-0.2, 0) is 25.7 Å². The number of amides is 3. The zero-order valence-corrected chi connectivity index (χ0v) is 19.5. The lowest BCUT2D eigenvalue weighted by Crippen LogP contribution is -2.39. The first-order valence-electron chi connectivity index (χ1n) is 11.3. The second kappa shape index (κ2) is 11.3. The molecule has 2 aromatic rings. The van der Waals surface area contributed by atoms with Crippen molar-refractivity contribution in [3.05, 3.63) is 41.8 Å². The molecule has 2 saturated heterocycles. The van der Waals surface area contributed by atoms with E-state index in [1.165, 1.54) is 29.3 Å². The van der Waals surface area contributed by atoms with Gasteiger partial charge in [-0.1, -0.05) is 5.16 Å². The van der Waals surface area contributed by atoms with Gasteiger partial charge in [0.25, 0.3) is 5.91 Å². The molecule has 3 amide bonds. The Morgan fingerprint density at radius 3 is 2.67 bits per heavy atom. The number of rotatable bonds is 8. The maximum Gasteiger partial charge on any atom is 0.414 e. The van der Waals surface area contributed by atoms with Crippen LogP contribution in [0, 0.1) is 11.6 Å². The molecule has 1 aromatic carbocycles. The third kappa shape index (κ3) is 6.07. The van der Waals surface area contributed by atoms with Crippen molar-refractivity contribution in [2.24, 2.45) is 0 Å². The second-order valence-electron chi connectivity index (χ2n) is 8.26. The number of aromatic nitrogens is 1. The highest BCUT2D eigenvalue weighted by atomic mass is 19.1. The zero-order valence-electron chi connectivity index (χ0n) is 19.5. The van der Waals surface area contributed by atoms with Gasteiger partial charge in [0, 0.05) is 44.3 Å². The molecule has 0 radical (unpaired) electrons. The average Bonchev–Trinajstić information content (AvgIpc) is 3.41. The SMILES string of the molecule is CC(=O)NC[C@H]1CN(c2cc(F)c(N3CCON(C(=O)CNCc4cnoc4)CC3)c(F)c2)C(=O)O1. The number of hydrogen-bond donors (Lipinski definition) is 2. The van der Waals surface area contributed by atoms with Crippen LogP contribution in [0.15, 0.2) is 29.1 Å². The number of benzene rings is 1. The summed E-state index contributed by atoms with van der Waals surface area (Å²) in [4.78, 5) is 43.8. The van der Waals surface area contributed by atoms with E-state index in [1.54, 1.807) is 0 Å². The van der Waals surface area contributed by atoms with Crippen molar-refractivity contribution in [1.82, 2.24) is 20.9 Å². The number of nitrogens with one attached hydrogen (secondary N) is 2. The van der Waals surface area contributed by atoms with E-state index in [2.05, 4.69) is 15.8 Å². The van der Waals surface area contributed by atoms with Gasteiger partial charge in [-0.15, -0.1) is 0 Å². The lowest BCUT2D eigenvalue weighted by atomic mass is 10.2. The minimum absolute atomic E-state index is 0.00252. The van der Waals surface area contributed by atoms with Crippen molar-refractivity contribution < 1.29 is 37.3 Å². The predicted molar refractivity (Wildman–Crippen MR) is 121 cm³/mol. The average molecular weight is 508 g/mol. The van der Waals surface area contributed by atoms with Gasteiger partial charge >= 0.3 is 6.09 Å². The molecular weight excluding hydrogens is 482 g/mol. The van der Waals surface area contributed by atoms with Crippen molar-refractivity contribution in [2.75, 3.05) is 55.7 Å². The molecule has 194 valence electrons. The summed E-state index contributed by atoms with van der Waals surface area (Å²) in [5, 5.41) is 10.2. The minimum Gasteiger partial charge on any atom is -0.442 e. The summed E-state index contributed by atoms with van der Waals surface area (Å²) in [5.41, 5.74) is 0.515. The molecule has 4 rings (SSSR count). The normalized spacial score (nSPS) is 18.2. The largest absolute Gasteiger partial charge is 0.442 e. The number of nitrogens with zero attached hydrogens (tertiary/aromatic N) is 4. The molecule has 2 fully saturated rings. The third-order valence-corrected chi connectivity index (χ3v) is 5.63. The first-order valence-corrected chi connectivity index (χ1v) is 11.3. The fourth-order valence-electron chi connectivity index (χ4n) is 3.89. The predicted octanol–water partition coefficient (Wildman–Crippen LogP) is 0.784. The molecular formula is C22H26F2N6O6. The number of carbonyl (C=O) groups is 3. The molecule has 2 N–H and O–H groups in total. The van der Waals surface area contributed by atoms with E-state index in [-0.39, 0.29) is 69.1 Å². The van der Waals surface area contributed by atoms with Crippen LogP contribution in [0.2, 0.25) is 0 Å². The van der Waals surface area contributed by atoms with Gasteiger partial charge in [-0.3, -0.25) is 19.3 Å². The Balaban J connectivity index is 1.35. The molecule has 0 saturated carbocycles. The van der Waals surface area contributed by atoms with E-state index in [0.717, 1.165) is 22.6 Å². The number of ether oxygens (including phenoxy) is 1. The smallest absolute Gasteiger partial charge is 0.414 e. The summed E-state index contributed by atoms with van der Waals surface area (Å²) in [6.45, 7) is 2.27. The monoisotopic (exact) mass is 508 g/mol. The molecule has 0 unspecified atom stereocenters. The van der Waals surface area contributed by atoms with E-state index in [4.69, 9.17) is 14.1 Å². The van der Waals surface area contributed by atoms with Crippen LogP contribution in [0.3, 0.4) is 0 Å². The Labute approximate surface area is 205 Å². The highest BCUT2D eigenvalue weighted by Crippen LogP contribution is 2.31. The number of cyclic esters (lactones) is 1. The van der Waals surface area contributed by atoms with Crippen molar-refractivity contribution in [2.45, 2.75) is 19.6 Å². The van der Waals surface area contributed by atoms with Crippen LogP contribution in [-0.4, -0.2) is 80.1 Å². The van der Waals surface area contributed by atoms with Crippen molar-refractivity contribution in [3.63, 3.8) is 0 Å². The molecule has 0 spiro atoms. The summed E-state index contributed by atoms with van der Waals surface area (Å²) < 4.78 is 40.0. The zero-order chi connectivity index (χ0) is 25.7. The number of hydroxylamine groups is 2. The van der Waals surface area contributed by atoms with Crippen molar-refractivity contribution >= 4 is 29.3 Å². The number of carbonyl (C=O) groups excluding carboxylic acids is 3. The first kappa shape index (κ1) is 25.3. The van der Waals surface area contributed by atoms with Gasteiger partial charge in [-0.2, -0.15) is 0 Å². The molecule has 14 heteroatoms. The summed E-state index contributed by atoms with van der Waals surface area (Å²) in [6.07, 6.45) is 1.60. The number of anilines is 2. The minimum atomic E-state index is -0.863. The molecule has 0 bridgehead atoms. The summed E-state index contributed by atoms with van der Waals surface area (Å²) in [7, 11) is 0. The second-order valence-corrected chi connectivity index (χ2v) is 8.26. The molecule has 1 atom stereocenters. The Morgan fingerprint density at radius 1 is 1.19 bits per heavy atom. The number of halogens is 2. The third-order valence-electron chi connectivity index (χ3n) is 5.63. The maximum atomic E-state index is 15.1. The Kier molecular flexibility index (Phi) is 7.95. The van der Waals surface area contributed by atoms with E-state index >= 15 is 8.78 Å². The van der Waals surface area contributed by atoms with Gasteiger partial charge in [0.1, 0.15) is 18.1 Å². The summed E-state index contributed by atoms with van der Waals surface area (Å²) >= 11 is 0. The molecule has 36 heavy (non-hydrogen) atoms. The van der Waals surface area contributed by atoms with Crippen LogP contribution in [0.1, 0.15) is 12.5 Å². The van der Waals surface area contributed by atoms with Gasteiger partial charge in [-0.25, -0.2) is 18.6 Å². The van der Waals surface area contributed by atoms with Gasteiger partial charge in [0.15, 0.2) is 11.6 Å². The van der Waals surface area contributed by atoms with Gasteiger partial charge in [0.05, 0.1) is 44.7 Å². The van der Waals surface area contributed by atoms with Gasteiger partial charge < -0.3 is 24.8 Å². The molecule has 2 aliphatic heterocycles. The lowest BCUT2D eigenvalue weighted by Gasteiger charge is -2.24. The lowest BCUT2D eigenvalue weighted by molar-refractivity contribution is -0.180. The highest BCUT2D eigenvalue weighted by molar-refractivity contribution is 5.90. The molecule has 2 aliphatic rings. The standard InChI is InChI=1S/C22H26F2N6O6/c1-14(31)26-10-17-12-29(22(33)36-17)16-6-18(23)21(19(24)7-16)28-2-3-30(35-5-4-28)20(32)11-25-8-15-9-27-34-13-15/h6-7,9,13,17,25H,2-5,8,10-12H2,1H3,(H,26,31)/t17-/m0/s1. The van der Waals surface area contributed by atoms with Crippen LogP contribution < -0.4 is 20.4 Å². The van der Waals surface area contributed by atoms with Crippen molar-refractivity contribution in [1.29, 1.82) is 0 Å². The first-order chi connectivity index (χ1) is 17.3. The molecule has 12 nitrogen and oxygen atoms in total. The van der Waals surface area contributed by atoms with E-state index < -0.39 is 23.8 Å². The summed E-state index contributed by atoms with van der Waals surface area (Å²) in [5.74, 6) is -2.33. The topological polar surface area (TPSA) is 129 Å². The fourth-order valence-corrected chi connectivity index (χ4v) is 3.89. The summed E-state index contributed by atoms with van der Waals surface area (Å²) in [6, 6.07) is 2.12. The Morgan fingerprint density at radius 2 is 1.97 bits per heavy atom. The van der Waals surface area contributed by atoms with E-state index in [1.807, 2.05) is 0 Å². The van der Waals surface area contributed by atoms with Crippen LogP contribution in [0.5, 0.6) is 0 Å². The van der Waals surface area contributed by atoms with Gasteiger partial charge in [0.2, 0.25) is 5.91 Å². The molecule has 0 aliphatic carbocycles. The van der Waals surface area contributed by atoms with Gasteiger partial charge in [-0.05, 0) is 0 Å². The van der Waals surface area contributed by atoms with Crippen LogP contribution in [0.4, 0.5) is 25.0 Å². The van der Waals surface area contributed by atoms with Crippen molar-refractivity contribution in [3.8, 4) is 0 Å². The fraction of sp³-hybridized carbons (Fsp3) is 0.455. The molecule has 1 aromatic heterocycles. The maximum absolute atomic E-state index is 15.1. The Bertz CT molecular complexity index is 1080. The Hall–Kier alpha value is -3.78. The molecule has 3 heterocycles. The van der Waals surface area contributed by atoms with E-state index in [0.29, 0.717) is 6.54 Å². The number of hydrogen-bond acceptors (Lipinski definition) is 9. The highest BCUT2D eigenvalue weighted by Gasteiger charge is 2.34.